The summed E-state index contributed by atoms with van der Waals surface area (Å²) in [6, 6.07) is 7.84. The van der Waals surface area contributed by atoms with Gasteiger partial charge in [-0.15, -0.1) is 0 Å². The number of carbonyl (C=O) groups excluding carboxylic acids is 1. The molecule has 18 heavy (non-hydrogen) atoms. The monoisotopic (exact) mass is 258 g/mol. The molecule has 0 amide bonds. The third-order valence-corrected chi connectivity index (χ3v) is 3.97. The first-order valence-corrected chi connectivity index (χ1v) is 7.08. The van der Waals surface area contributed by atoms with Crippen LogP contribution in [-0.4, -0.2) is 5.78 Å². The number of ketones is 1. The minimum atomic E-state index is 0.247. The highest BCUT2D eigenvalue weighted by atomic mass is 32.1. The van der Waals surface area contributed by atoms with Gasteiger partial charge in [0.25, 0.3) is 0 Å². The molecule has 1 aromatic heterocycles. The minimum Gasteiger partial charge on any atom is -0.489 e. The summed E-state index contributed by atoms with van der Waals surface area (Å²) in [7, 11) is 0. The smallest absolute Gasteiger partial charge is 0.163 e. The summed E-state index contributed by atoms with van der Waals surface area (Å²) >= 11 is 1.67. The molecule has 0 bridgehead atoms. The van der Waals surface area contributed by atoms with Gasteiger partial charge in [-0.3, -0.25) is 4.79 Å². The Balaban J connectivity index is 1.84. The van der Waals surface area contributed by atoms with E-state index < -0.39 is 0 Å². The fourth-order valence-electron chi connectivity index (χ4n) is 2.32. The number of carbonyl (C=O) groups is 1. The molecule has 0 saturated carbocycles. The van der Waals surface area contributed by atoms with E-state index in [0.29, 0.717) is 13.0 Å². The zero-order valence-corrected chi connectivity index (χ0v) is 10.8. The van der Waals surface area contributed by atoms with E-state index in [0.717, 1.165) is 29.7 Å². The van der Waals surface area contributed by atoms with Crippen molar-refractivity contribution in [2.75, 3.05) is 0 Å². The van der Waals surface area contributed by atoms with E-state index in [1.165, 1.54) is 5.56 Å². The van der Waals surface area contributed by atoms with E-state index >= 15 is 0 Å². The van der Waals surface area contributed by atoms with Gasteiger partial charge in [-0.25, -0.2) is 0 Å². The molecule has 0 N–H and O–H groups in total. The molecule has 0 saturated heterocycles. The Bertz CT molecular complexity index is 558. The number of rotatable bonds is 3. The Kier molecular flexibility index (Phi) is 3.15. The molecule has 1 aromatic carbocycles. The van der Waals surface area contributed by atoms with Crippen molar-refractivity contribution < 1.29 is 9.53 Å². The van der Waals surface area contributed by atoms with Gasteiger partial charge in [0.15, 0.2) is 5.78 Å². The zero-order chi connectivity index (χ0) is 12.4. The fraction of sp³-hybridized carbons (Fsp3) is 0.267. The lowest BCUT2D eigenvalue weighted by Gasteiger charge is -2.18. The van der Waals surface area contributed by atoms with Crippen LogP contribution in [-0.2, 0) is 13.0 Å². The molecule has 0 fully saturated rings. The third kappa shape index (κ3) is 2.18. The van der Waals surface area contributed by atoms with Gasteiger partial charge >= 0.3 is 0 Å². The predicted molar refractivity (Wildman–Crippen MR) is 72.4 cm³/mol. The Morgan fingerprint density at radius 2 is 2.17 bits per heavy atom. The van der Waals surface area contributed by atoms with Gasteiger partial charge in [-0.05, 0) is 41.3 Å². The van der Waals surface area contributed by atoms with Gasteiger partial charge in [-0.2, -0.15) is 11.3 Å². The van der Waals surface area contributed by atoms with E-state index in [1.54, 1.807) is 11.3 Å². The standard InChI is InChI=1S/C15H14O2S/c16-14-5-1-4-13-12(14)3-2-6-15(13)17-9-11-7-8-18-10-11/h2-3,6-8,10H,1,4-5,9H2. The van der Waals surface area contributed by atoms with Gasteiger partial charge < -0.3 is 4.74 Å². The SMILES string of the molecule is O=C1CCCc2c(OCc3ccsc3)cccc21. The first kappa shape index (κ1) is 11.5. The number of benzene rings is 1. The lowest BCUT2D eigenvalue weighted by atomic mass is 9.90. The molecule has 0 aliphatic heterocycles. The molecule has 0 atom stereocenters. The van der Waals surface area contributed by atoms with Gasteiger partial charge in [0, 0.05) is 17.5 Å². The zero-order valence-electron chi connectivity index (χ0n) is 10.0. The summed E-state index contributed by atoms with van der Waals surface area (Å²) in [6.45, 7) is 0.578. The van der Waals surface area contributed by atoms with Crippen molar-refractivity contribution >= 4 is 17.1 Å². The second-order valence-corrected chi connectivity index (χ2v) is 5.26. The van der Waals surface area contributed by atoms with Gasteiger partial charge in [0.05, 0.1) is 0 Å². The van der Waals surface area contributed by atoms with Crippen LogP contribution in [0.25, 0.3) is 0 Å². The van der Waals surface area contributed by atoms with Crippen LogP contribution in [0.2, 0.25) is 0 Å². The van der Waals surface area contributed by atoms with Crippen LogP contribution in [0.5, 0.6) is 5.75 Å². The lowest BCUT2D eigenvalue weighted by Crippen LogP contribution is -2.12. The van der Waals surface area contributed by atoms with Crippen molar-refractivity contribution in [3.63, 3.8) is 0 Å². The second kappa shape index (κ2) is 4.94. The largest absolute Gasteiger partial charge is 0.489 e. The van der Waals surface area contributed by atoms with Crippen LogP contribution in [0.1, 0.15) is 34.3 Å². The Morgan fingerprint density at radius 3 is 3.00 bits per heavy atom. The molecular weight excluding hydrogens is 244 g/mol. The normalized spacial score (nSPS) is 14.3. The molecule has 92 valence electrons. The summed E-state index contributed by atoms with van der Waals surface area (Å²) in [6.07, 6.45) is 2.55. The van der Waals surface area contributed by atoms with Crippen molar-refractivity contribution in [1.82, 2.24) is 0 Å². The third-order valence-electron chi connectivity index (χ3n) is 3.24. The molecule has 1 aliphatic rings. The molecule has 3 heteroatoms. The highest BCUT2D eigenvalue weighted by molar-refractivity contribution is 7.07. The number of hydrogen-bond donors (Lipinski definition) is 0. The molecule has 0 radical (unpaired) electrons. The maximum atomic E-state index is 11.8. The summed E-state index contributed by atoms with van der Waals surface area (Å²) in [5.41, 5.74) is 3.12. The fourth-order valence-corrected chi connectivity index (χ4v) is 2.97. The van der Waals surface area contributed by atoms with Crippen LogP contribution >= 0.6 is 11.3 Å². The summed E-state index contributed by atoms with van der Waals surface area (Å²) in [5, 5.41) is 4.13. The number of fused-ring (bicyclic) bond motifs is 1. The lowest BCUT2D eigenvalue weighted by molar-refractivity contribution is 0.0971. The van der Waals surface area contributed by atoms with E-state index in [2.05, 4.69) is 11.4 Å². The van der Waals surface area contributed by atoms with E-state index in [4.69, 9.17) is 4.74 Å². The summed E-state index contributed by atoms with van der Waals surface area (Å²) < 4.78 is 5.85. The highest BCUT2D eigenvalue weighted by Gasteiger charge is 2.20. The first-order chi connectivity index (χ1) is 8.84. The van der Waals surface area contributed by atoms with Crippen LogP contribution in [0.3, 0.4) is 0 Å². The molecule has 1 heterocycles. The highest BCUT2D eigenvalue weighted by Crippen LogP contribution is 2.30. The van der Waals surface area contributed by atoms with Crippen LogP contribution < -0.4 is 4.74 Å². The number of thiophene rings is 1. The van der Waals surface area contributed by atoms with Crippen LogP contribution in [0.4, 0.5) is 0 Å². The van der Waals surface area contributed by atoms with Crippen molar-refractivity contribution in [3.05, 3.63) is 51.7 Å². The Morgan fingerprint density at radius 1 is 1.22 bits per heavy atom. The van der Waals surface area contributed by atoms with Crippen molar-refractivity contribution in [2.45, 2.75) is 25.9 Å². The molecule has 0 spiro atoms. The van der Waals surface area contributed by atoms with Gasteiger partial charge in [0.1, 0.15) is 12.4 Å². The van der Waals surface area contributed by atoms with Crippen molar-refractivity contribution in [2.24, 2.45) is 0 Å². The maximum Gasteiger partial charge on any atom is 0.163 e. The van der Waals surface area contributed by atoms with Gasteiger partial charge in [-0.1, -0.05) is 12.1 Å². The molecule has 0 unspecified atom stereocenters. The molecule has 1 aliphatic carbocycles. The molecule has 2 nitrogen and oxygen atoms in total. The van der Waals surface area contributed by atoms with Crippen molar-refractivity contribution in [3.8, 4) is 5.75 Å². The number of hydrogen-bond acceptors (Lipinski definition) is 3. The summed E-state index contributed by atoms with van der Waals surface area (Å²) in [5.74, 6) is 1.11. The number of ether oxygens (including phenoxy) is 1. The molecular formula is C15H14O2S. The average molecular weight is 258 g/mol. The first-order valence-electron chi connectivity index (χ1n) is 6.13. The molecule has 2 aromatic rings. The second-order valence-electron chi connectivity index (χ2n) is 4.48. The van der Waals surface area contributed by atoms with E-state index in [1.807, 2.05) is 23.6 Å². The van der Waals surface area contributed by atoms with Crippen LogP contribution in [0, 0.1) is 0 Å². The molecule has 3 rings (SSSR count). The quantitative estimate of drug-likeness (QED) is 0.836. The predicted octanol–water partition coefficient (Wildman–Crippen LogP) is 3.85. The summed E-state index contributed by atoms with van der Waals surface area (Å²) in [4.78, 5) is 11.8. The van der Waals surface area contributed by atoms with Gasteiger partial charge in [0.2, 0.25) is 0 Å². The maximum absolute atomic E-state index is 11.8. The Hall–Kier alpha value is -1.61. The Labute approximate surface area is 110 Å². The van der Waals surface area contributed by atoms with Crippen LogP contribution in [0.15, 0.2) is 35.0 Å². The van der Waals surface area contributed by atoms with Crippen molar-refractivity contribution in [1.29, 1.82) is 0 Å². The topological polar surface area (TPSA) is 26.3 Å². The van der Waals surface area contributed by atoms with E-state index in [-0.39, 0.29) is 5.78 Å². The minimum absolute atomic E-state index is 0.247. The average Bonchev–Trinajstić information content (AvgIpc) is 2.90. The van der Waals surface area contributed by atoms with E-state index in [9.17, 15) is 4.79 Å². The number of Topliss-reactive ketones (excluding diaryl/α,β-unsaturated/α-hetero) is 1.